The van der Waals surface area contributed by atoms with E-state index in [0.717, 1.165) is 19.6 Å². The third-order valence-corrected chi connectivity index (χ3v) is 6.71. The lowest BCUT2D eigenvalue weighted by atomic mass is 10.1. The summed E-state index contributed by atoms with van der Waals surface area (Å²) in [7, 11) is 0. The molecule has 0 radical (unpaired) electrons. The monoisotopic (exact) mass is 462 g/mol. The summed E-state index contributed by atoms with van der Waals surface area (Å²) in [5, 5.41) is 0.787. The molecule has 5 nitrogen and oxygen atoms in total. The molecule has 0 N–H and O–H groups in total. The number of rotatable bonds is 5. The molecule has 1 aromatic heterocycles. The first-order chi connectivity index (χ1) is 14.9. The van der Waals surface area contributed by atoms with Gasteiger partial charge in [-0.25, -0.2) is 9.37 Å². The van der Waals surface area contributed by atoms with Crippen LogP contribution in [0.25, 0.3) is 11.0 Å². The fraction of sp³-hybridized carbons (Fsp3) is 0.391. The standard InChI is InChI=1S/C23H25Cl2FN4O/c1-3-28-8-10-29(11-9-28)23(31)15(2)30-21-14-18(25)17(24)13-20(21)27-22(30)12-16-6-4-5-7-19(16)26/h4-7,13-15H,3,8-12H2,1-2H3/t15-/m1/s1. The van der Waals surface area contributed by atoms with Crippen LogP contribution >= 0.6 is 23.2 Å². The van der Waals surface area contributed by atoms with Crippen molar-refractivity contribution in [1.29, 1.82) is 0 Å². The largest absolute Gasteiger partial charge is 0.338 e. The van der Waals surface area contributed by atoms with Gasteiger partial charge in [0.15, 0.2) is 0 Å². The van der Waals surface area contributed by atoms with E-state index in [2.05, 4.69) is 11.8 Å². The van der Waals surface area contributed by atoms with E-state index in [9.17, 15) is 9.18 Å². The van der Waals surface area contributed by atoms with Crippen LogP contribution in [0.15, 0.2) is 36.4 Å². The first-order valence-corrected chi connectivity index (χ1v) is 11.2. The Hall–Kier alpha value is -2.15. The molecule has 1 aliphatic rings. The number of likely N-dealkylation sites (N-methyl/N-ethyl adjacent to an activating group) is 1. The van der Waals surface area contributed by atoms with E-state index < -0.39 is 6.04 Å². The molecule has 1 fully saturated rings. The quantitative estimate of drug-likeness (QED) is 0.546. The van der Waals surface area contributed by atoms with Gasteiger partial charge in [0, 0.05) is 32.6 Å². The predicted molar refractivity (Wildman–Crippen MR) is 122 cm³/mol. The van der Waals surface area contributed by atoms with Crippen molar-refractivity contribution in [1.82, 2.24) is 19.4 Å². The van der Waals surface area contributed by atoms with Crippen LogP contribution < -0.4 is 0 Å². The molecule has 0 aliphatic carbocycles. The summed E-state index contributed by atoms with van der Waals surface area (Å²) in [5.41, 5.74) is 1.87. The van der Waals surface area contributed by atoms with Crippen molar-refractivity contribution in [2.75, 3.05) is 32.7 Å². The molecule has 0 unspecified atom stereocenters. The van der Waals surface area contributed by atoms with E-state index in [0.29, 0.717) is 45.6 Å². The number of carbonyl (C=O) groups excluding carboxylic acids is 1. The predicted octanol–water partition coefficient (Wildman–Crippen LogP) is 4.80. The molecule has 1 aliphatic heterocycles. The molecule has 1 atom stereocenters. The van der Waals surface area contributed by atoms with Crippen molar-refractivity contribution < 1.29 is 9.18 Å². The minimum absolute atomic E-state index is 0.0240. The lowest BCUT2D eigenvalue weighted by Crippen LogP contribution is -2.50. The second-order valence-electron chi connectivity index (χ2n) is 7.86. The molecule has 3 aromatic rings. The highest BCUT2D eigenvalue weighted by molar-refractivity contribution is 6.42. The van der Waals surface area contributed by atoms with Gasteiger partial charge in [0.05, 0.1) is 21.1 Å². The second-order valence-corrected chi connectivity index (χ2v) is 8.67. The summed E-state index contributed by atoms with van der Waals surface area (Å²) in [6.07, 6.45) is 0.262. The normalized spacial score (nSPS) is 16.1. The molecule has 2 aromatic carbocycles. The maximum Gasteiger partial charge on any atom is 0.245 e. The molecule has 0 bridgehead atoms. The fourth-order valence-corrected chi connectivity index (χ4v) is 4.48. The van der Waals surface area contributed by atoms with Crippen LogP contribution in [-0.4, -0.2) is 58.0 Å². The molecule has 4 rings (SSSR count). The number of piperazine rings is 1. The number of hydrogen-bond acceptors (Lipinski definition) is 3. The van der Waals surface area contributed by atoms with E-state index >= 15 is 0 Å². The van der Waals surface area contributed by atoms with Gasteiger partial charge in [0.1, 0.15) is 17.7 Å². The summed E-state index contributed by atoms with van der Waals surface area (Å²) >= 11 is 12.5. The Bertz CT molecular complexity index is 1110. The first-order valence-electron chi connectivity index (χ1n) is 10.5. The molecule has 0 spiro atoms. The van der Waals surface area contributed by atoms with Gasteiger partial charge in [-0.05, 0) is 37.2 Å². The Morgan fingerprint density at radius 1 is 1.13 bits per heavy atom. The molecular formula is C23H25Cl2FN4O. The molecule has 1 saturated heterocycles. The summed E-state index contributed by atoms with van der Waals surface area (Å²) in [6, 6.07) is 9.53. The van der Waals surface area contributed by atoms with Gasteiger partial charge in [-0.2, -0.15) is 0 Å². The molecular weight excluding hydrogens is 438 g/mol. The maximum atomic E-state index is 14.4. The van der Waals surface area contributed by atoms with Crippen LogP contribution in [0.4, 0.5) is 4.39 Å². The lowest BCUT2D eigenvalue weighted by molar-refractivity contribution is -0.136. The highest BCUT2D eigenvalue weighted by Crippen LogP contribution is 2.31. The van der Waals surface area contributed by atoms with Crippen LogP contribution in [-0.2, 0) is 11.2 Å². The zero-order chi connectivity index (χ0) is 22.1. The van der Waals surface area contributed by atoms with Crippen molar-refractivity contribution in [2.24, 2.45) is 0 Å². The van der Waals surface area contributed by atoms with E-state index in [4.69, 9.17) is 28.2 Å². The van der Waals surface area contributed by atoms with Crippen LogP contribution in [0.2, 0.25) is 10.0 Å². The van der Waals surface area contributed by atoms with Gasteiger partial charge in [-0.15, -0.1) is 0 Å². The highest BCUT2D eigenvalue weighted by atomic mass is 35.5. The SMILES string of the molecule is CCN1CCN(C(=O)[C@@H](C)n2c(Cc3ccccc3F)nc3cc(Cl)c(Cl)cc32)CC1. The van der Waals surface area contributed by atoms with Crippen molar-refractivity contribution in [3.8, 4) is 0 Å². The Morgan fingerprint density at radius 2 is 1.81 bits per heavy atom. The summed E-state index contributed by atoms with van der Waals surface area (Å²) in [4.78, 5) is 22.3. The van der Waals surface area contributed by atoms with Crippen LogP contribution in [0.3, 0.4) is 0 Å². The highest BCUT2D eigenvalue weighted by Gasteiger charge is 2.28. The number of benzene rings is 2. The topological polar surface area (TPSA) is 41.4 Å². The Morgan fingerprint density at radius 3 is 2.48 bits per heavy atom. The van der Waals surface area contributed by atoms with Gasteiger partial charge in [0.25, 0.3) is 0 Å². The van der Waals surface area contributed by atoms with Crippen molar-refractivity contribution in [2.45, 2.75) is 26.3 Å². The van der Waals surface area contributed by atoms with Crippen LogP contribution in [0.5, 0.6) is 0 Å². The van der Waals surface area contributed by atoms with Crippen molar-refractivity contribution in [3.63, 3.8) is 0 Å². The number of fused-ring (bicyclic) bond motifs is 1. The van der Waals surface area contributed by atoms with E-state index in [1.54, 1.807) is 30.3 Å². The molecule has 0 saturated carbocycles. The molecule has 2 heterocycles. The summed E-state index contributed by atoms with van der Waals surface area (Å²) < 4.78 is 16.2. The first kappa shape index (κ1) is 22.1. The molecule has 1 amide bonds. The van der Waals surface area contributed by atoms with Crippen LogP contribution in [0.1, 0.15) is 31.3 Å². The average Bonchev–Trinajstić information content (AvgIpc) is 3.11. The third kappa shape index (κ3) is 4.43. The fourth-order valence-electron chi connectivity index (χ4n) is 4.17. The van der Waals surface area contributed by atoms with E-state index in [1.807, 2.05) is 16.4 Å². The van der Waals surface area contributed by atoms with E-state index in [1.165, 1.54) is 6.07 Å². The minimum atomic E-state index is -0.503. The number of halogens is 3. The van der Waals surface area contributed by atoms with Gasteiger partial charge < -0.3 is 14.4 Å². The summed E-state index contributed by atoms with van der Waals surface area (Å²) in [6.45, 7) is 8.09. The Kier molecular flexibility index (Phi) is 6.51. The molecule has 31 heavy (non-hydrogen) atoms. The number of nitrogens with zero attached hydrogens (tertiary/aromatic N) is 4. The number of imidazole rings is 1. The number of hydrogen-bond donors (Lipinski definition) is 0. The number of aromatic nitrogens is 2. The van der Waals surface area contributed by atoms with Crippen molar-refractivity contribution >= 4 is 40.1 Å². The van der Waals surface area contributed by atoms with Gasteiger partial charge in [-0.3, -0.25) is 4.79 Å². The van der Waals surface area contributed by atoms with E-state index in [-0.39, 0.29) is 18.1 Å². The second kappa shape index (κ2) is 9.15. The van der Waals surface area contributed by atoms with Gasteiger partial charge in [-0.1, -0.05) is 48.3 Å². The molecule has 164 valence electrons. The average molecular weight is 463 g/mol. The minimum Gasteiger partial charge on any atom is -0.338 e. The van der Waals surface area contributed by atoms with Crippen LogP contribution in [0, 0.1) is 5.82 Å². The lowest BCUT2D eigenvalue weighted by Gasteiger charge is -2.35. The number of amides is 1. The maximum absolute atomic E-state index is 14.4. The summed E-state index contributed by atoms with van der Waals surface area (Å²) in [5.74, 6) is 0.328. The van der Waals surface area contributed by atoms with Gasteiger partial charge in [0.2, 0.25) is 5.91 Å². The smallest absolute Gasteiger partial charge is 0.245 e. The molecule has 8 heteroatoms. The zero-order valence-corrected chi connectivity index (χ0v) is 19.1. The zero-order valence-electron chi connectivity index (χ0n) is 17.6. The van der Waals surface area contributed by atoms with Gasteiger partial charge >= 0.3 is 0 Å². The number of carbonyl (C=O) groups is 1. The van der Waals surface area contributed by atoms with Crippen molar-refractivity contribution in [3.05, 3.63) is 63.6 Å². The Labute approximate surface area is 191 Å². The third-order valence-electron chi connectivity index (χ3n) is 5.99. The Balaban J connectivity index is 1.73.